The summed E-state index contributed by atoms with van der Waals surface area (Å²) in [5, 5.41) is 15.0. The molecule has 2 heterocycles. The van der Waals surface area contributed by atoms with Crippen LogP contribution in [0.25, 0.3) is 5.82 Å². The van der Waals surface area contributed by atoms with Crippen LogP contribution in [0.15, 0.2) is 18.6 Å². The van der Waals surface area contributed by atoms with E-state index in [0.717, 1.165) is 11.0 Å². The van der Waals surface area contributed by atoms with Crippen LogP contribution >= 0.6 is 0 Å². The highest BCUT2D eigenvalue weighted by atomic mass is 16.6. The lowest BCUT2D eigenvalue weighted by molar-refractivity contribution is -0.384. The number of hydrogen-bond acceptors (Lipinski definition) is 7. The fourth-order valence-corrected chi connectivity index (χ4v) is 1.51. The Kier molecular flexibility index (Phi) is 3.29. The molecule has 0 atom stereocenters. The molecule has 0 bridgehead atoms. The Bertz CT molecular complexity index is 679. The molecule has 0 aliphatic carbocycles. The standard InChI is InChI=1S/C10H11N7O3/c1-15(2)10(18)6-3-4-16(14-6)9-7(17(19)20)8(11)12-5-13-9/h3-5H,1-2H3,(H2,11,12,13). The monoisotopic (exact) mass is 277 g/mol. The summed E-state index contributed by atoms with van der Waals surface area (Å²) in [6.07, 6.45) is 2.48. The molecule has 0 aliphatic heterocycles. The number of carbonyl (C=O) groups excluding carboxylic acids is 1. The van der Waals surface area contributed by atoms with Gasteiger partial charge < -0.3 is 10.6 Å². The summed E-state index contributed by atoms with van der Waals surface area (Å²) in [6.45, 7) is 0. The Morgan fingerprint density at radius 2 is 2.15 bits per heavy atom. The van der Waals surface area contributed by atoms with Crippen molar-refractivity contribution in [1.29, 1.82) is 0 Å². The second-order valence-corrected chi connectivity index (χ2v) is 4.03. The number of nitrogen functional groups attached to an aromatic ring is 1. The molecular weight excluding hydrogens is 266 g/mol. The fourth-order valence-electron chi connectivity index (χ4n) is 1.51. The smallest absolute Gasteiger partial charge is 0.355 e. The molecule has 2 N–H and O–H groups in total. The predicted molar refractivity (Wildman–Crippen MR) is 68.2 cm³/mol. The highest BCUT2D eigenvalue weighted by Crippen LogP contribution is 2.24. The number of nitro groups is 1. The largest absolute Gasteiger partial charge is 0.378 e. The van der Waals surface area contributed by atoms with Gasteiger partial charge in [0.1, 0.15) is 6.33 Å². The lowest BCUT2D eigenvalue weighted by Crippen LogP contribution is -2.22. The van der Waals surface area contributed by atoms with E-state index in [2.05, 4.69) is 15.1 Å². The fraction of sp³-hybridized carbons (Fsp3) is 0.200. The Hall–Kier alpha value is -3.04. The van der Waals surface area contributed by atoms with Crippen molar-refractivity contribution < 1.29 is 9.72 Å². The van der Waals surface area contributed by atoms with E-state index in [1.54, 1.807) is 14.1 Å². The van der Waals surface area contributed by atoms with Crippen molar-refractivity contribution in [3.63, 3.8) is 0 Å². The van der Waals surface area contributed by atoms with Crippen molar-refractivity contribution in [2.45, 2.75) is 0 Å². The molecule has 0 radical (unpaired) electrons. The van der Waals surface area contributed by atoms with Gasteiger partial charge in [-0.1, -0.05) is 0 Å². The van der Waals surface area contributed by atoms with Crippen LogP contribution < -0.4 is 5.73 Å². The zero-order valence-corrected chi connectivity index (χ0v) is 10.7. The second kappa shape index (κ2) is 4.91. The Balaban J connectivity index is 2.51. The van der Waals surface area contributed by atoms with Gasteiger partial charge in [0.15, 0.2) is 5.69 Å². The molecule has 2 aromatic rings. The molecule has 10 nitrogen and oxygen atoms in total. The van der Waals surface area contributed by atoms with Crippen molar-refractivity contribution in [2.24, 2.45) is 0 Å². The van der Waals surface area contributed by atoms with E-state index >= 15 is 0 Å². The first-order valence-electron chi connectivity index (χ1n) is 5.44. The van der Waals surface area contributed by atoms with Gasteiger partial charge in [0.2, 0.25) is 11.6 Å². The SMILES string of the molecule is CN(C)C(=O)c1ccn(-c2ncnc(N)c2[N+](=O)[O-])n1. The van der Waals surface area contributed by atoms with Crippen LogP contribution in [-0.2, 0) is 0 Å². The lowest BCUT2D eigenvalue weighted by Gasteiger charge is -2.07. The first kappa shape index (κ1) is 13.4. The molecule has 0 unspecified atom stereocenters. The molecule has 0 saturated heterocycles. The van der Waals surface area contributed by atoms with Crippen molar-refractivity contribution >= 4 is 17.4 Å². The third-order valence-corrected chi connectivity index (χ3v) is 2.45. The summed E-state index contributed by atoms with van der Waals surface area (Å²) < 4.78 is 1.12. The Morgan fingerprint density at radius 1 is 1.45 bits per heavy atom. The van der Waals surface area contributed by atoms with Gasteiger partial charge >= 0.3 is 5.69 Å². The minimum Gasteiger partial charge on any atom is -0.378 e. The molecule has 1 amide bonds. The molecule has 0 aliphatic rings. The van der Waals surface area contributed by atoms with E-state index < -0.39 is 10.6 Å². The predicted octanol–water partition coefficient (Wildman–Crippen LogP) is -0.145. The van der Waals surface area contributed by atoms with Crippen LogP contribution in [0.1, 0.15) is 10.5 Å². The molecular formula is C10H11N7O3. The van der Waals surface area contributed by atoms with Crippen molar-refractivity contribution in [2.75, 3.05) is 19.8 Å². The minimum absolute atomic E-state index is 0.0969. The van der Waals surface area contributed by atoms with Crippen LogP contribution in [0.5, 0.6) is 0 Å². The maximum Gasteiger partial charge on any atom is 0.355 e. The van der Waals surface area contributed by atoms with Crippen LogP contribution in [-0.4, -0.2) is 49.6 Å². The summed E-state index contributed by atoms with van der Waals surface area (Å²) in [5.41, 5.74) is 5.15. The number of anilines is 1. The van der Waals surface area contributed by atoms with Crippen LogP contribution in [0.4, 0.5) is 11.5 Å². The van der Waals surface area contributed by atoms with Gasteiger partial charge in [0.05, 0.1) is 4.92 Å². The average molecular weight is 277 g/mol. The van der Waals surface area contributed by atoms with E-state index in [4.69, 9.17) is 5.73 Å². The summed E-state index contributed by atoms with van der Waals surface area (Å²) in [6, 6.07) is 1.43. The quantitative estimate of drug-likeness (QED) is 0.609. The van der Waals surface area contributed by atoms with Crippen molar-refractivity contribution in [1.82, 2.24) is 24.6 Å². The normalized spacial score (nSPS) is 10.3. The molecule has 0 saturated carbocycles. The first-order chi connectivity index (χ1) is 9.41. The van der Waals surface area contributed by atoms with E-state index in [-0.39, 0.29) is 23.2 Å². The minimum atomic E-state index is -0.695. The first-order valence-corrected chi connectivity index (χ1v) is 5.44. The highest BCUT2D eigenvalue weighted by Gasteiger charge is 2.23. The molecule has 20 heavy (non-hydrogen) atoms. The molecule has 10 heteroatoms. The van der Waals surface area contributed by atoms with Crippen LogP contribution in [0, 0.1) is 10.1 Å². The van der Waals surface area contributed by atoms with Gasteiger partial charge in [-0.2, -0.15) is 5.10 Å². The van der Waals surface area contributed by atoms with E-state index in [1.165, 1.54) is 17.2 Å². The molecule has 104 valence electrons. The number of amides is 1. The molecule has 2 aromatic heterocycles. The third-order valence-electron chi connectivity index (χ3n) is 2.45. The molecule has 0 spiro atoms. The highest BCUT2D eigenvalue weighted by molar-refractivity contribution is 5.91. The summed E-state index contributed by atoms with van der Waals surface area (Å²) in [7, 11) is 3.15. The number of nitrogens with zero attached hydrogens (tertiary/aromatic N) is 6. The maximum atomic E-state index is 11.7. The number of nitrogens with two attached hydrogens (primary N) is 1. The second-order valence-electron chi connectivity index (χ2n) is 4.03. The van der Waals surface area contributed by atoms with Gasteiger partial charge in [-0.25, -0.2) is 14.6 Å². The summed E-state index contributed by atoms with van der Waals surface area (Å²) >= 11 is 0. The maximum absolute atomic E-state index is 11.7. The number of hydrogen-bond donors (Lipinski definition) is 1. The van der Waals surface area contributed by atoms with E-state index in [9.17, 15) is 14.9 Å². The van der Waals surface area contributed by atoms with Crippen LogP contribution in [0.3, 0.4) is 0 Å². The third kappa shape index (κ3) is 2.25. The average Bonchev–Trinajstić information content (AvgIpc) is 2.86. The zero-order chi connectivity index (χ0) is 14.9. The van der Waals surface area contributed by atoms with Crippen LogP contribution in [0.2, 0.25) is 0 Å². The number of rotatable bonds is 3. The van der Waals surface area contributed by atoms with Gasteiger partial charge in [-0.15, -0.1) is 0 Å². The molecule has 0 fully saturated rings. The van der Waals surface area contributed by atoms with E-state index in [1.807, 2.05) is 0 Å². The zero-order valence-electron chi connectivity index (χ0n) is 10.7. The summed E-state index contributed by atoms with van der Waals surface area (Å²) in [5.74, 6) is -0.690. The van der Waals surface area contributed by atoms with Crippen molar-refractivity contribution in [3.8, 4) is 5.82 Å². The van der Waals surface area contributed by atoms with E-state index in [0.29, 0.717) is 0 Å². The van der Waals surface area contributed by atoms with Gasteiger partial charge in [-0.3, -0.25) is 14.9 Å². The van der Waals surface area contributed by atoms with Gasteiger partial charge in [0, 0.05) is 20.3 Å². The molecule has 0 aromatic carbocycles. The number of carbonyl (C=O) groups is 1. The topological polar surface area (TPSA) is 133 Å². The Labute approximate surface area is 113 Å². The van der Waals surface area contributed by atoms with Gasteiger partial charge in [0.25, 0.3) is 5.91 Å². The number of aromatic nitrogens is 4. The van der Waals surface area contributed by atoms with Gasteiger partial charge in [-0.05, 0) is 6.07 Å². The Morgan fingerprint density at radius 3 is 2.75 bits per heavy atom. The lowest BCUT2D eigenvalue weighted by atomic mass is 10.4. The summed E-state index contributed by atoms with van der Waals surface area (Å²) in [4.78, 5) is 30.7. The molecule has 2 rings (SSSR count). The van der Waals surface area contributed by atoms with Crippen molar-refractivity contribution in [3.05, 3.63) is 34.4 Å².